The van der Waals surface area contributed by atoms with E-state index in [4.69, 9.17) is 0 Å². The monoisotopic (exact) mass is 368 g/mol. The highest BCUT2D eigenvalue weighted by Gasteiger charge is 2.16. The fraction of sp³-hybridized carbons (Fsp3) is 0.235. The summed E-state index contributed by atoms with van der Waals surface area (Å²) < 4.78 is 53.0. The Bertz CT molecular complexity index is 846. The van der Waals surface area contributed by atoms with Crippen LogP contribution in [0.4, 0.5) is 20.2 Å². The minimum absolute atomic E-state index is 0.140. The van der Waals surface area contributed by atoms with Crippen LogP contribution in [0, 0.1) is 17.6 Å². The van der Waals surface area contributed by atoms with E-state index in [1.807, 2.05) is 13.8 Å². The van der Waals surface area contributed by atoms with Gasteiger partial charge in [0, 0.05) is 23.9 Å². The summed E-state index contributed by atoms with van der Waals surface area (Å²) in [6.07, 6.45) is 0.375. The highest BCUT2D eigenvalue weighted by Crippen LogP contribution is 2.20. The van der Waals surface area contributed by atoms with Gasteiger partial charge in [0.15, 0.2) is 0 Å². The molecule has 0 saturated carbocycles. The highest BCUT2D eigenvalue weighted by atomic mass is 32.2. The number of nitrogens with one attached hydrogen (secondary N) is 2. The summed E-state index contributed by atoms with van der Waals surface area (Å²) in [7, 11) is -4.13. The Hall–Kier alpha value is -2.48. The van der Waals surface area contributed by atoms with Crippen molar-refractivity contribution in [2.24, 2.45) is 5.92 Å². The van der Waals surface area contributed by atoms with Gasteiger partial charge in [0.25, 0.3) is 10.0 Å². The number of rotatable bonds is 6. The number of carbonyl (C=O) groups is 1. The smallest absolute Gasteiger partial charge is 0.262 e. The standard InChI is InChI=1S/C17H18F2N2O3S/c1-11(2)7-17(22)20-14-3-5-15(6-4-14)21-25(23,24)16-9-12(18)8-13(19)10-16/h3-6,8-11,21H,7H2,1-2H3,(H,20,22). The molecular weight excluding hydrogens is 350 g/mol. The van der Waals surface area contributed by atoms with Gasteiger partial charge in [0.2, 0.25) is 5.91 Å². The van der Waals surface area contributed by atoms with Gasteiger partial charge in [-0.15, -0.1) is 0 Å². The molecule has 0 saturated heterocycles. The van der Waals surface area contributed by atoms with Crippen molar-refractivity contribution in [2.75, 3.05) is 10.0 Å². The Morgan fingerprint density at radius 2 is 1.52 bits per heavy atom. The summed E-state index contributed by atoms with van der Waals surface area (Å²) in [5.41, 5.74) is 0.719. The van der Waals surface area contributed by atoms with E-state index >= 15 is 0 Å². The summed E-state index contributed by atoms with van der Waals surface area (Å²) in [5, 5.41) is 2.69. The fourth-order valence-electron chi connectivity index (χ4n) is 2.10. The molecule has 2 aromatic carbocycles. The third-order valence-electron chi connectivity index (χ3n) is 3.16. The maximum Gasteiger partial charge on any atom is 0.262 e. The molecule has 2 aromatic rings. The van der Waals surface area contributed by atoms with E-state index in [1.165, 1.54) is 24.3 Å². The number of hydrogen-bond donors (Lipinski definition) is 2. The predicted molar refractivity (Wildman–Crippen MR) is 91.7 cm³/mol. The van der Waals surface area contributed by atoms with Crippen molar-refractivity contribution >= 4 is 27.3 Å². The van der Waals surface area contributed by atoms with Crippen molar-refractivity contribution in [1.82, 2.24) is 0 Å². The molecule has 25 heavy (non-hydrogen) atoms. The van der Waals surface area contributed by atoms with Crippen LogP contribution in [-0.2, 0) is 14.8 Å². The van der Waals surface area contributed by atoms with Gasteiger partial charge in [0.1, 0.15) is 11.6 Å². The fourth-order valence-corrected chi connectivity index (χ4v) is 3.20. The lowest BCUT2D eigenvalue weighted by atomic mass is 10.1. The lowest BCUT2D eigenvalue weighted by molar-refractivity contribution is -0.116. The van der Waals surface area contributed by atoms with E-state index in [2.05, 4.69) is 10.0 Å². The van der Waals surface area contributed by atoms with Gasteiger partial charge in [-0.25, -0.2) is 17.2 Å². The molecule has 0 unspecified atom stereocenters. The quantitative estimate of drug-likeness (QED) is 0.815. The lowest BCUT2D eigenvalue weighted by Crippen LogP contribution is -2.15. The molecule has 8 heteroatoms. The summed E-state index contributed by atoms with van der Waals surface area (Å²) in [6.45, 7) is 3.85. The van der Waals surface area contributed by atoms with Gasteiger partial charge >= 0.3 is 0 Å². The topological polar surface area (TPSA) is 75.3 Å². The van der Waals surface area contributed by atoms with Crippen LogP contribution in [0.25, 0.3) is 0 Å². The molecule has 2 N–H and O–H groups in total. The number of halogens is 2. The third-order valence-corrected chi connectivity index (χ3v) is 4.52. The van der Waals surface area contributed by atoms with Gasteiger partial charge in [-0.05, 0) is 42.3 Å². The Kier molecular flexibility index (Phi) is 5.73. The average molecular weight is 368 g/mol. The molecule has 0 aliphatic carbocycles. The number of sulfonamides is 1. The normalized spacial score (nSPS) is 11.4. The molecule has 0 heterocycles. The predicted octanol–water partition coefficient (Wildman–Crippen LogP) is 3.75. The Balaban J connectivity index is 2.11. The van der Waals surface area contributed by atoms with E-state index in [0.717, 1.165) is 12.1 Å². The van der Waals surface area contributed by atoms with Crippen LogP contribution >= 0.6 is 0 Å². The first-order valence-electron chi connectivity index (χ1n) is 7.54. The first kappa shape index (κ1) is 18.9. The van der Waals surface area contributed by atoms with Gasteiger partial charge in [-0.3, -0.25) is 9.52 Å². The minimum atomic E-state index is -4.13. The van der Waals surface area contributed by atoms with Gasteiger partial charge in [-0.2, -0.15) is 0 Å². The number of anilines is 2. The van der Waals surface area contributed by atoms with Gasteiger partial charge < -0.3 is 5.32 Å². The molecule has 2 rings (SSSR count). The maximum atomic E-state index is 13.2. The zero-order valence-corrected chi connectivity index (χ0v) is 14.5. The Morgan fingerprint density at radius 3 is 2.04 bits per heavy atom. The largest absolute Gasteiger partial charge is 0.326 e. The Labute approximate surface area is 145 Å². The zero-order valence-electron chi connectivity index (χ0n) is 13.7. The van der Waals surface area contributed by atoms with Crippen molar-refractivity contribution < 1.29 is 22.0 Å². The van der Waals surface area contributed by atoms with Crippen LogP contribution < -0.4 is 10.0 Å². The molecule has 0 radical (unpaired) electrons. The number of hydrogen-bond acceptors (Lipinski definition) is 3. The van der Waals surface area contributed by atoms with Crippen molar-refractivity contribution in [3.05, 3.63) is 54.1 Å². The first-order valence-corrected chi connectivity index (χ1v) is 9.03. The summed E-state index contributed by atoms with van der Waals surface area (Å²) in [5.74, 6) is -1.89. The van der Waals surface area contributed by atoms with E-state index in [-0.39, 0.29) is 17.5 Å². The van der Waals surface area contributed by atoms with Crippen LogP contribution in [0.15, 0.2) is 47.4 Å². The van der Waals surface area contributed by atoms with Crippen molar-refractivity contribution in [2.45, 2.75) is 25.2 Å². The third kappa shape index (κ3) is 5.53. The summed E-state index contributed by atoms with van der Waals surface area (Å²) in [6, 6.07) is 7.99. The second kappa shape index (κ2) is 7.60. The summed E-state index contributed by atoms with van der Waals surface area (Å²) in [4.78, 5) is 11.2. The van der Waals surface area contributed by atoms with Crippen molar-refractivity contribution in [3.63, 3.8) is 0 Å². The van der Waals surface area contributed by atoms with Gasteiger partial charge in [-0.1, -0.05) is 13.8 Å². The molecule has 0 atom stereocenters. The summed E-state index contributed by atoms with van der Waals surface area (Å²) >= 11 is 0. The molecule has 0 aliphatic rings. The van der Waals surface area contributed by atoms with Gasteiger partial charge in [0.05, 0.1) is 4.90 Å². The second-order valence-corrected chi connectivity index (χ2v) is 7.62. The first-order chi connectivity index (χ1) is 11.7. The van der Waals surface area contributed by atoms with Crippen LogP contribution in [0.1, 0.15) is 20.3 Å². The van der Waals surface area contributed by atoms with Crippen LogP contribution in [0.3, 0.4) is 0 Å². The molecular formula is C17H18F2N2O3S. The lowest BCUT2D eigenvalue weighted by Gasteiger charge is -2.10. The molecule has 134 valence electrons. The van der Waals surface area contributed by atoms with E-state index in [0.29, 0.717) is 18.2 Å². The molecule has 0 spiro atoms. The highest BCUT2D eigenvalue weighted by molar-refractivity contribution is 7.92. The number of benzene rings is 2. The molecule has 5 nitrogen and oxygen atoms in total. The molecule has 0 aliphatic heterocycles. The van der Waals surface area contributed by atoms with E-state index in [9.17, 15) is 22.0 Å². The van der Waals surface area contributed by atoms with E-state index < -0.39 is 26.6 Å². The van der Waals surface area contributed by atoms with Crippen LogP contribution in [-0.4, -0.2) is 14.3 Å². The Morgan fingerprint density at radius 1 is 1.00 bits per heavy atom. The average Bonchev–Trinajstić information content (AvgIpc) is 2.47. The number of carbonyl (C=O) groups excluding carboxylic acids is 1. The SMILES string of the molecule is CC(C)CC(=O)Nc1ccc(NS(=O)(=O)c2cc(F)cc(F)c2)cc1. The second-order valence-electron chi connectivity index (χ2n) is 5.93. The van der Waals surface area contributed by atoms with Crippen LogP contribution in [0.5, 0.6) is 0 Å². The van der Waals surface area contributed by atoms with Crippen LogP contribution in [0.2, 0.25) is 0 Å². The number of amides is 1. The molecule has 0 fully saturated rings. The van der Waals surface area contributed by atoms with Crippen molar-refractivity contribution in [1.29, 1.82) is 0 Å². The maximum absolute atomic E-state index is 13.2. The van der Waals surface area contributed by atoms with E-state index in [1.54, 1.807) is 0 Å². The minimum Gasteiger partial charge on any atom is -0.326 e. The zero-order chi connectivity index (χ0) is 18.6. The molecule has 1 amide bonds. The molecule has 0 bridgehead atoms. The van der Waals surface area contributed by atoms with Crippen molar-refractivity contribution in [3.8, 4) is 0 Å². The molecule has 0 aromatic heterocycles.